The molecule has 10 heavy (non-hydrogen) atoms. The first kappa shape index (κ1) is 6.38. The van der Waals surface area contributed by atoms with E-state index < -0.39 is 0 Å². The molecule has 0 aromatic heterocycles. The van der Waals surface area contributed by atoms with Gasteiger partial charge in [-0.1, -0.05) is 19.1 Å². The molecule has 0 saturated carbocycles. The van der Waals surface area contributed by atoms with Crippen LogP contribution in [0.25, 0.3) is 0 Å². The Kier molecular flexibility index (Phi) is 1.32. The van der Waals surface area contributed by atoms with Crippen LogP contribution in [-0.4, -0.2) is 34.7 Å². The summed E-state index contributed by atoms with van der Waals surface area (Å²) in [5.74, 6) is 0. The molecule has 0 aromatic carbocycles. The first-order valence-corrected chi connectivity index (χ1v) is 3.96. The van der Waals surface area contributed by atoms with E-state index in [9.17, 15) is 5.11 Å². The van der Waals surface area contributed by atoms with Crippen LogP contribution in [-0.2, 0) is 0 Å². The molecule has 1 N–H and O–H groups in total. The van der Waals surface area contributed by atoms with E-state index in [1.807, 2.05) is 6.08 Å². The zero-order chi connectivity index (χ0) is 7.14. The van der Waals surface area contributed by atoms with Crippen LogP contribution in [0.15, 0.2) is 12.2 Å². The summed E-state index contributed by atoms with van der Waals surface area (Å²) in [5, 5.41) is 9.31. The molecule has 1 fully saturated rings. The van der Waals surface area contributed by atoms with Gasteiger partial charge in [-0.25, -0.2) is 0 Å². The maximum absolute atomic E-state index is 9.31. The molecule has 1 unspecified atom stereocenters. The fourth-order valence-corrected chi connectivity index (χ4v) is 1.84. The van der Waals surface area contributed by atoms with Gasteiger partial charge in [0.05, 0.1) is 12.1 Å². The summed E-state index contributed by atoms with van der Waals surface area (Å²) in [4.78, 5) is 2.34. The van der Waals surface area contributed by atoms with Gasteiger partial charge in [-0.2, -0.15) is 0 Å². The van der Waals surface area contributed by atoms with Crippen molar-refractivity contribution in [3.8, 4) is 0 Å². The summed E-state index contributed by atoms with van der Waals surface area (Å²) < 4.78 is 0. The minimum Gasteiger partial charge on any atom is -0.387 e. The number of hydrogen-bond donors (Lipinski definition) is 1. The minimum absolute atomic E-state index is 0.184. The molecule has 0 aromatic rings. The molecular formula is C8H13NO. The average molecular weight is 139 g/mol. The Bertz CT molecular complexity index is 167. The van der Waals surface area contributed by atoms with E-state index in [0.29, 0.717) is 12.1 Å². The van der Waals surface area contributed by atoms with Crippen molar-refractivity contribution < 1.29 is 5.11 Å². The summed E-state index contributed by atoms with van der Waals surface area (Å²) in [5.41, 5.74) is 0. The molecule has 2 heteroatoms. The van der Waals surface area contributed by atoms with E-state index in [-0.39, 0.29) is 6.10 Å². The Hall–Kier alpha value is -0.340. The van der Waals surface area contributed by atoms with Gasteiger partial charge in [0.15, 0.2) is 0 Å². The molecule has 1 aliphatic carbocycles. The van der Waals surface area contributed by atoms with Gasteiger partial charge < -0.3 is 5.11 Å². The van der Waals surface area contributed by atoms with Crippen molar-refractivity contribution in [3.05, 3.63) is 12.2 Å². The average Bonchev–Trinajstić information content (AvgIpc) is 2.45. The van der Waals surface area contributed by atoms with Gasteiger partial charge in [0.1, 0.15) is 0 Å². The summed E-state index contributed by atoms with van der Waals surface area (Å²) >= 11 is 0. The van der Waals surface area contributed by atoms with E-state index in [1.54, 1.807) is 0 Å². The summed E-state index contributed by atoms with van der Waals surface area (Å²) in [6, 6.07) is 1.02. The molecule has 1 aliphatic heterocycles. The highest BCUT2D eigenvalue weighted by molar-refractivity contribution is 5.26. The van der Waals surface area contributed by atoms with E-state index in [4.69, 9.17) is 0 Å². The minimum atomic E-state index is -0.184. The standard InChI is InChI=1S/C8H13NO/c1-2-5-9-6-3-4-7(10)8(6)9/h3-4,6-8,10H,2,5H2,1H3/t6-,7-,8-,9?/m1/s1. The van der Waals surface area contributed by atoms with Gasteiger partial charge in [-0.3, -0.25) is 4.90 Å². The third kappa shape index (κ3) is 0.724. The van der Waals surface area contributed by atoms with Crippen molar-refractivity contribution in [2.45, 2.75) is 31.5 Å². The molecule has 1 saturated heterocycles. The third-order valence-corrected chi connectivity index (χ3v) is 2.36. The topological polar surface area (TPSA) is 23.2 Å². The van der Waals surface area contributed by atoms with E-state index >= 15 is 0 Å². The quantitative estimate of drug-likeness (QED) is 0.441. The van der Waals surface area contributed by atoms with E-state index in [0.717, 1.165) is 6.54 Å². The molecule has 56 valence electrons. The number of fused-ring (bicyclic) bond motifs is 1. The van der Waals surface area contributed by atoms with Gasteiger partial charge in [0, 0.05) is 6.04 Å². The molecule has 0 amide bonds. The second kappa shape index (κ2) is 2.07. The normalized spacial score (nSPS) is 49.4. The fraction of sp³-hybridized carbons (Fsp3) is 0.750. The predicted molar refractivity (Wildman–Crippen MR) is 39.7 cm³/mol. The predicted octanol–water partition coefficient (Wildman–Crippen LogP) is 0.380. The lowest BCUT2D eigenvalue weighted by Crippen LogP contribution is -2.16. The Labute approximate surface area is 61.1 Å². The number of aliphatic hydroxyl groups excluding tert-OH is 1. The maximum Gasteiger partial charge on any atom is 0.0895 e. The highest BCUT2D eigenvalue weighted by Crippen LogP contribution is 2.37. The van der Waals surface area contributed by atoms with Gasteiger partial charge in [0.2, 0.25) is 0 Å². The van der Waals surface area contributed by atoms with Gasteiger partial charge in [-0.15, -0.1) is 0 Å². The molecule has 2 rings (SSSR count). The first-order valence-electron chi connectivity index (χ1n) is 3.96. The second-order valence-electron chi connectivity index (χ2n) is 3.09. The van der Waals surface area contributed by atoms with Crippen LogP contribution in [0.5, 0.6) is 0 Å². The molecule has 0 radical (unpaired) electrons. The Morgan fingerprint density at radius 3 is 2.80 bits per heavy atom. The van der Waals surface area contributed by atoms with Crippen LogP contribution in [0.4, 0.5) is 0 Å². The van der Waals surface area contributed by atoms with Crippen LogP contribution in [0.2, 0.25) is 0 Å². The third-order valence-electron chi connectivity index (χ3n) is 2.36. The maximum atomic E-state index is 9.31. The number of aliphatic hydroxyl groups is 1. The Balaban J connectivity index is 1.93. The lowest BCUT2D eigenvalue weighted by Gasteiger charge is -2.04. The van der Waals surface area contributed by atoms with Crippen LogP contribution in [0, 0.1) is 0 Å². The number of nitrogens with zero attached hydrogens (tertiary/aromatic N) is 1. The first-order chi connectivity index (χ1) is 4.84. The van der Waals surface area contributed by atoms with Crippen molar-refractivity contribution in [1.82, 2.24) is 4.90 Å². The van der Waals surface area contributed by atoms with E-state index in [1.165, 1.54) is 6.42 Å². The highest BCUT2D eigenvalue weighted by Gasteiger charge is 2.51. The molecule has 0 spiro atoms. The lowest BCUT2D eigenvalue weighted by molar-refractivity contribution is 0.202. The monoisotopic (exact) mass is 139 g/mol. The van der Waals surface area contributed by atoms with Crippen LogP contribution in [0.1, 0.15) is 13.3 Å². The van der Waals surface area contributed by atoms with Crippen LogP contribution >= 0.6 is 0 Å². The molecule has 1 heterocycles. The van der Waals surface area contributed by atoms with Crippen molar-refractivity contribution in [1.29, 1.82) is 0 Å². The second-order valence-corrected chi connectivity index (χ2v) is 3.09. The van der Waals surface area contributed by atoms with Crippen molar-refractivity contribution in [3.63, 3.8) is 0 Å². The van der Waals surface area contributed by atoms with Gasteiger partial charge >= 0.3 is 0 Å². The van der Waals surface area contributed by atoms with Crippen molar-refractivity contribution in [2.75, 3.05) is 6.54 Å². The van der Waals surface area contributed by atoms with Crippen LogP contribution < -0.4 is 0 Å². The smallest absolute Gasteiger partial charge is 0.0895 e. The van der Waals surface area contributed by atoms with Gasteiger partial charge in [-0.05, 0) is 13.0 Å². The highest BCUT2D eigenvalue weighted by atomic mass is 16.3. The van der Waals surface area contributed by atoms with Gasteiger partial charge in [0.25, 0.3) is 0 Å². The number of hydrogen-bond acceptors (Lipinski definition) is 2. The van der Waals surface area contributed by atoms with Crippen molar-refractivity contribution >= 4 is 0 Å². The van der Waals surface area contributed by atoms with Crippen LogP contribution in [0.3, 0.4) is 0 Å². The molecule has 2 nitrogen and oxygen atoms in total. The zero-order valence-electron chi connectivity index (χ0n) is 6.20. The Morgan fingerprint density at radius 1 is 1.50 bits per heavy atom. The molecule has 2 aliphatic rings. The molecular weight excluding hydrogens is 126 g/mol. The Morgan fingerprint density at radius 2 is 2.30 bits per heavy atom. The molecule has 4 atom stereocenters. The lowest BCUT2D eigenvalue weighted by atomic mass is 10.3. The number of rotatable bonds is 2. The fourth-order valence-electron chi connectivity index (χ4n) is 1.84. The summed E-state index contributed by atoms with van der Waals surface area (Å²) in [7, 11) is 0. The summed E-state index contributed by atoms with van der Waals surface area (Å²) in [6.07, 6.45) is 5.02. The molecule has 0 bridgehead atoms. The summed E-state index contributed by atoms with van der Waals surface area (Å²) in [6.45, 7) is 3.31. The SMILES string of the molecule is CCCN1[C@H]2[C@H](O)C=C[C@H]21. The van der Waals surface area contributed by atoms with Crippen molar-refractivity contribution in [2.24, 2.45) is 0 Å². The van der Waals surface area contributed by atoms with E-state index in [2.05, 4.69) is 17.9 Å². The zero-order valence-corrected chi connectivity index (χ0v) is 6.20. The largest absolute Gasteiger partial charge is 0.387 e.